The van der Waals surface area contributed by atoms with Gasteiger partial charge in [0.05, 0.1) is 59.5 Å². The number of hydrogen-bond donors (Lipinski definition) is 2. The third kappa shape index (κ3) is 9.86. The van der Waals surface area contributed by atoms with Crippen LogP contribution in [0.1, 0.15) is 12.5 Å². The molecule has 0 amide bonds. The highest BCUT2D eigenvalue weighted by Crippen LogP contribution is 2.35. The zero-order valence-electron chi connectivity index (χ0n) is 19.1. The molecule has 2 N–H and O–H groups in total. The fraction of sp³-hybridized carbons (Fsp3) is 0.636. The van der Waals surface area contributed by atoms with Crippen molar-refractivity contribution in [1.82, 2.24) is 0 Å². The van der Waals surface area contributed by atoms with Gasteiger partial charge in [0.15, 0.2) is 5.54 Å². The number of nitrogens with zero attached hydrogens (tertiary/aromatic N) is 1. The molecule has 0 aliphatic carbocycles. The molecule has 1 unspecified atom stereocenters. The Morgan fingerprint density at radius 2 is 1.52 bits per heavy atom. The first-order valence-electron chi connectivity index (χ1n) is 10.7. The van der Waals surface area contributed by atoms with Crippen LogP contribution < -0.4 is 4.74 Å². The molecule has 1 aromatic rings. The average molecular weight is 488 g/mol. The molecular formula is C22H33NO9S. The first-order chi connectivity index (χ1) is 16.0. The largest absolute Gasteiger partial charge is 0.507 e. The molecule has 0 spiro atoms. The van der Waals surface area contributed by atoms with E-state index >= 15 is 0 Å². The van der Waals surface area contributed by atoms with Crippen molar-refractivity contribution in [2.45, 2.75) is 12.5 Å². The van der Waals surface area contributed by atoms with Crippen molar-refractivity contribution in [3.8, 4) is 11.5 Å². The summed E-state index contributed by atoms with van der Waals surface area (Å²) >= 11 is 1.31. The van der Waals surface area contributed by atoms with Crippen molar-refractivity contribution < 1.29 is 43.4 Å². The molecule has 0 radical (unpaired) electrons. The summed E-state index contributed by atoms with van der Waals surface area (Å²) in [6, 6.07) is 4.87. The fourth-order valence-electron chi connectivity index (χ4n) is 2.65. The molecule has 0 aromatic heterocycles. The normalized spacial score (nSPS) is 17.8. The number of carboxylic acid groups (broad SMARTS) is 1. The average Bonchev–Trinajstić information content (AvgIpc) is 3.20. The highest BCUT2D eigenvalue weighted by Gasteiger charge is 2.39. The number of hydrogen-bond acceptors (Lipinski definition) is 10. The van der Waals surface area contributed by atoms with Gasteiger partial charge in [-0.25, -0.2) is 4.79 Å². The topological polar surface area (TPSA) is 125 Å². The predicted octanol–water partition coefficient (Wildman–Crippen LogP) is 1.82. The zero-order valence-corrected chi connectivity index (χ0v) is 19.9. The maximum atomic E-state index is 11.3. The van der Waals surface area contributed by atoms with Gasteiger partial charge in [-0.15, -0.1) is 11.8 Å². The summed E-state index contributed by atoms with van der Waals surface area (Å²) in [4.78, 5) is 15.6. The molecular weight excluding hydrogens is 454 g/mol. The van der Waals surface area contributed by atoms with E-state index in [-0.39, 0.29) is 5.75 Å². The number of aliphatic carboxylic acids is 1. The molecule has 2 rings (SSSR count). The van der Waals surface area contributed by atoms with Crippen LogP contribution in [0.3, 0.4) is 0 Å². The van der Waals surface area contributed by atoms with E-state index in [9.17, 15) is 15.0 Å². The number of thioether (sulfide) groups is 1. The number of ether oxygens (including phenoxy) is 6. The van der Waals surface area contributed by atoms with Crippen LogP contribution in [0.15, 0.2) is 23.2 Å². The monoisotopic (exact) mass is 487 g/mol. The standard InChI is InChI=1S/C22H33NO9S/c1-22(21(25)26)16-33-20(23-22)18-4-3-17(15-19(18)24)32-14-13-31-12-11-30-10-9-29-8-7-28-6-5-27-2/h3-4,15,24H,5-14,16H2,1-2H3,(H,25,26). The minimum Gasteiger partial charge on any atom is -0.507 e. The lowest BCUT2D eigenvalue weighted by atomic mass is 10.1. The van der Waals surface area contributed by atoms with E-state index in [1.54, 1.807) is 26.2 Å². The molecule has 0 saturated carbocycles. The third-order valence-corrected chi connectivity index (χ3v) is 5.83. The number of methoxy groups -OCH3 is 1. The van der Waals surface area contributed by atoms with E-state index in [2.05, 4.69) is 4.99 Å². The molecule has 1 aliphatic heterocycles. The molecule has 1 heterocycles. The lowest BCUT2D eigenvalue weighted by Crippen LogP contribution is -2.33. The summed E-state index contributed by atoms with van der Waals surface area (Å²) in [5, 5.41) is 20.1. The Labute approximate surface area is 198 Å². The van der Waals surface area contributed by atoms with Crippen LogP contribution in [0.2, 0.25) is 0 Å². The van der Waals surface area contributed by atoms with Crippen molar-refractivity contribution in [3.05, 3.63) is 23.8 Å². The van der Waals surface area contributed by atoms with Gasteiger partial charge in [-0.3, -0.25) is 4.99 Å². The molecule has 1 aromatic carbocycles. The summed E-state index contributed by atoms with van der Waals surface area (Å²) in [5.41, 5.74) is -0.678. The second-order valence-corrected chi connectivity index (χ2v) is 8.22. The van der Waals surface area contributed by atoms with E-state index in [0.717, 1.165) is 0 Å². The summed E-state index contributed by atoms with van der Waals surface area (Å²) in [6.07, 6.45) is 0. The first-order valence-corrected chi connectivity index (χ1v) is 11.7. The highest BCUT2D eigenvalue weighted by atomic mass is 32.2. The number of carbonyl (C=O) groups is 1. The number of aliphatic imine (C=N–C) groups is 1. The van der Waals surface area contributed by atoms with Gasteiger partial charge in [0.2, 0.25) is 0 Å². The first kappa shape index (κ1) is 27.4. The van der Waals surface area contributed by atoms with Crippen LogP contribution in [0.4, 0.5) is 0 Å². The number of aromatic hydroxyl groups is 1. The van der Waals surface area contributed by atoms with Gasteiger partial charge in [0.1, 0.15) is 23.1 Å². The van der Waals surface area contributed by atoms with Gasteiger partial charge in [0.25, 0.3) is 0 Å². The van der Waals surface area contributed by atoms with E-state index in [4.69, 9.17) is 28.4 Å². The molecule has 186 valence electrons. The van der Waals surface area contributed by atoms with Gasteiger partial charge in [-0.2, -0.15) is 0 Å². The van der Waals surface area contributed by atoms with Crippen LogP contribution in [-0.4, -0.2) is 106 Å². The molecule has 33 heavy (non-hydrogen) atoms. The Morgan fingerprint density at radius 1 is 0.970 bits per heavy atom. The van der Waals surface area contributed by atoms with Crippen LogP contribution in [0, 0.1) is 0 Å². The second kappa shape index (κ2) is 15.1. The summed E-state index contributed by atoms with van der Waals surface area (Å²) in [7, 11) is 1.63. The fourth-order valence-corrected chi connectivity index (χ4v) is 3.85. The second-order valence-electron chi connectivity index (χ2n) is 7.25. The van der Waals surface area contributed by atoms with Crippen molar-refractivity contribution in [3.63, 3.8) is 0 Å². The smallest absolute Gasteiger partial charge is 0.332 e. The summed E-state index contributed by atoms with van der Waals surface area (Å²) < 4.78 is 32.0. The van der Waals surface area contributed by atoms with Crippen molar-refractivity contribution >= 4 is 22.8 Å². The predicted molar refractivity (Wildman–Crippen MR) is 124 cm³/mol. The van der Waals surface area contributed by atoms with Crippen LogP contribution in [-0.2, 0) is 28.5 Å². The Hall–Kier alpha value is -1.89. The number of phenols is 1. The molecule has 1 atom stereocenters. The van der Waals surface area contributed by atoms with Gasteiger partial charge < -0.3 is 38.6 Å². The van der Waals surface area contributed by atoms with E-state index in [1.807, 2.05) is 0 Å². The highest BCUT2D eigenvalue weighted by molar-refractivity contribution is 8.14. The van der Waals surface area contributed by atoms with Gasteiger partial charge in [0, 0.05) is 24.5 Å². The Bertz CT molecular complexity index is 761. The van der Waals surface area contributed by atoms with Crippen LogP contribution >= 0.6 is 11.8 Å². The molecule has 0 bridgehead atoms. The minimum absolute atomic E-state index is 0.00790. The number of benzene rings is 1. The maximum absolute atomic E-state index is 11.3. The van der Waals surface area contributed by atoms with Gasteiger partial charge in [-0.1, -0.05) is 0 Å². The molecule has 11 heteroatoms. The molecule has 1 aliphatic rings. The lowest BCUT2D eigenvalue weighted by Gasteiger charge is -2.12. The SMILES string of the molecule is COCCOCCOCCOCCOCCOc1ccc(C2=NC(C)(C(=O)O)CS2)c(O)c1. The zero-order chi connectivity index (χ0) is 23.9. The number of rotatable bonds is 18. The summed E-state index contributed by atoms with van der Waals surface area (Å²) in [5.74, 6) is -0.175. The van der Waals surface area contributed by atoms with E-state index in [0.29, 0.717) is 88.2 Å². The minimum atomic E-state index is -1.17. The van der Waals surface area contributed by atoms with Crippen LogP contribution in [0.5, 0.6) is 11.5 Å². The number of carboxylic acids is 1. The molecule has 10 nitrogen and oxygen atoms in total. The Balaban J connectivity index is 1.52. The molecule has 0 saturated heterocycles. The van der Waals surface area contributed by atoms with Crippen molar-refractivity contribution in [1.29, 1.82) is 0 Å². The lowest BCUT2D eigenvalue weighted by molar-refractivity contribution is -0.141. The number of phenolic OH excluding ortho intramolecular Hbond substituents is 1. The third-order valence-electron chi connectivity index (χ3n) is 4.54. The Morgan fingerprint density at radius 3 is 2.00 bits per heavy atom. The molecule has 0 fully saturated rings. The van der Waals surface area contributed by atoms with Gasteiger partial charge in [-0.05, 0) is 19.1 Å². The van der Waals surface area contributed by atoms with Gasteiger partial charge >= 0.3 is 5.97 Å². The summed E-state index contributed by atoms with van der Waals surface area (Å²) in [6.45, 7) is 6.32. The van der Waals surface area contributed by atoms with Crippen LogP contribution in [0.25, 0.3) is 0 Å². The quantitative estimate of drug-likeness (QED) is 0.296. The Kier molecular flexibility index (Phi) is 12.5. The van der Waals surface area contributed by atoms with E-state index < -0.39 is 11.5 Å². The van der Waals surface area contributed by atoms with Crippen molar-refractivity contribution in [2.24, 2.45) is 4.99 Å². The maximum Gasteiger partial charge on any atom is 0.332 e. The van der Waals surface area contributed by atoms with Crippen molar-refractivity contribution in [2.75, 3.05) is 78.9 Å². The van der Waals surface area contributed by atoms with E-state index in [1.165, 1.54) is 17.8 Å².